The van der Waals surface area contributed by atoms with Crippen molar-refractivity contribution in [2.24, 2.45) is 0 Å². The van der Waals surface area contributed by atoms with Gasteiger partial charge in [-0.2, -0.15) is 13.2 Å². The van der Waals surface area contributed by atoms with E-state index in [-0.39, 0.29) is 23.1 Å². The number of aromatic nitrogens is 2. The molecular formula is C18H14F5N3O. The Bertz CT molecular complexity index is 1040. The predicted molar refractivity (Wildman–Crippen MR) is 89.1 cm³/mol. The first-order chi connectivity index (χ1) is 12.6. The molecule has 1 unspecified atom stereocenters. The summed E-state index contributed by atoms with van der Waals surface area (Å²) in [4.78, 5) is 3.60. The van der Waals surface area contributed by atoms with Crippen LogP contribution in [0.2, 0.25) is 0 Å². The number of aliphatic hydroxyl groups is 1. The number of nitrogens with zero attached hydrogens (tertiary/aromatic N) is 2. The summed E-state index contributed by atoms with van der Waals surface area (Å²) in [6.07, 6.45) is -8.10. The molecule has 1 atom stereocenters. The number of aryl methyl sites for hydroxylation is 1. The second-order valence-corrected chi connectivity index (χ2v) is 6.47. The molecule has 0 saturated carbocycles. The Labute approximate surface area is 150 Å². The zero-order chi connectivity index (χ0) is 19.5. The fourth-order valence-electron chi connectivity index (χ4n) is 3.45. The second kappa shape index (κ2) is 5.91. The average molecular weight is 383 g/mol. The van der Waals surface area contributed by atoms with E-state index in [1.165, 1.54) is 0 Å². The molecule has 4 nitrogen and oxygen atoms in total. The molecule has 0 fully saturated rings. The van der Waals surface area contributed by atoms with Crippen molar-refractivity contribution in [2.45, 2.75) is 32.2 Å². The van der Waals surface area contributed by atoms with Crippen LogP contribution >= 0.6 is 0 Å². The van der Waals surface area contributed by atoms with E-state index in [2.05, 4.69) is 10.3 Å². The number of rotatable bonds is 2. The number of nitrogens with one attached hydrogen (secondary N) is 1. The lowest BCUT2D eigenvalue weighted by Crippen LogP contribution is -2.13. The largest absolute Gasteiger partial charge is 0.433 e. The number of anilines is 1. The van der Waals surface area contributed by atoms with Gasteiger partial charge in [-0.05, 0) is 48.4 Å². The summed E-state index contributed by atoms with van der Waals surface area (Å²) in [5, 5.41) is 12.8. The highest BCUT2D eigenvalue weighted by Crippen LogP contribution is 2.36. The minimum Gasteiger partial charge on any atom is -0.373 e. The summed E-state index contributed by atoms with van der Waals surface area (Å²) in [6, 6.07) is 6.22. The highest BCUT2D eigenvalue weighted by molar-refractivity contribution is 5.81. The standard InChI is InChI=1S/C18H14F5N3O/c1-8-4-11(5-10-7-14(27)25-15(8)10)26-12(16(19)20)6-9-2-3-13(18(21,22)23)24-17(9)26/h2-6,14,16,25,27H,7H2,1H3. The van der Waals surface area contributed by atoms with E-state index in [0.29, 0.717) is 16.8 Å². The monoisotopic (exact) mass is 383 g/mol. The third-order valence-corrected chi connectivity index (χ3v) is 4.58. The molecule has 0 radical (unpaired) electrons. The zero-order valence-electron chi connectivity index (χ0n) is 14.0. The molecule has 3 heterocycles. The number of benzene rings is 1. The van der Waals surface area contributed by atoms with Crippen LogP contribution in [0.1, 0.15) is 28.9 Å². The van der Waals surface area contributed by atoms with Crippen molar-refractivity contribution in [3.63, 3.8) is 0 Å². The molecule has 0 spiro atoms. The lowest BCUT2D eigenvalue weighted by molar-refractivity contribution is -0.141. The second-order valence-electron chi connectivity index (χ2n) is 6.47. The average Bonchev–Trinajstić information content (AvgIpc) is 3.13. The van der Waals surface area contributed by atoms with Crippen LogP contribution in [-0.2, 0) is 12.6 Å². The summed E-state index contributed by atoms with van der Waals surface area (Å²) in [5.41, 5.74) is 0.586. The maximum Gasteiger partial charge on any atom is 0.433 e. The Balaban J connectivity index is 1.99. The van der Waals surface area contributed by atoms with Gasteiger partial charge in [0.05, 0.1) is 5.69 Å². The minimum absolute atomic E-state index is 0.189. The van der Waals surface area contributed by atoms with Crippen molar-refractivity contribution in [3.8, 4) is 5.69 Å². The highest BCUT2D eigenvalue weighted by atomic mass is 19.4. The molecule has 3 aromatic rings. The van der Waals surface area contributed by atoms with Crippen LogP contribution in [0, 0.1) is 6.92 Å². The Morgan fingerprint density at radius 2 is 1.96 bits per heavy atom. The van der Waals surface area contributed by atoms with E-state index in [0.717, 1.165) is 22.8 Å². The third kappa shape index (κ3) is 2.91. The van der Waals surface area contributed by atoms with Gasteiger partial charge in [-0.1, -0.05) is 0 Å². The quantitative estimate of drug-likeness (QED) is 0.637. The Morgan fingerprint density at radius 1 is 1.22 bits per heavy atom. The van der Waals surface area contributed by atoms with Crippen molar-refractivity contribution in [3.05, 3.63) is 52.8 Å². The summed E-state index contributed by atoms with van der Waals surface area (Å²) in [7, 11) is 0. The maximum atomic E-state index is 13.6. The maximum absolute atomic E-state index is 13.6. The Kier molecular flexibility index (Phi) is 3.88. The van der Waals surface area contributed by atoms with Gasteiger partial charge in [0.2, 0.25) is 0 Å². The Hall–Kier alpha value is -2.68. The van der Waals surface area contributed by atoms with Crippen LogP contribution in [0.25, 0.3) is 16.7 Å². The first-order valence-electron chi connectivity index (χ1n) is 8.11. The molecule has 142 valence electrons. The lowest BCUT2D eigenvalue weighted by Gasteiger charge is -2.14. The molecule has 4 rings (SSSR count). The first-order valence-corrected chi connectivity index (χ1v) is 8.11. The Morgan fingerprint density at radius 3 is 2.63 bits per heavy atom. The lowest BCUT2D eigenvalue weighted by atomic mass is 10.1. The molecule has 1 aliphatic heterocycles. The molecule has 9 heteroatoms. The number of alkyl halides is 5. The number of halogens is 5. The molecule has 27 heavy (non-hydrogen) atoms. The van der Waals surface area contributed by atoms with Crippen LogP contribution in [0.3, 0.4) is 0 Å². The fourth-order valence-corrected chi connectivity index (χ4v) is 3.45. The van der Waals surface area contributed by atoms with Gasteiger partial charge in [-0.3, -0.25) is 4.57 Å². The molecule has 1 aliphatic rings. The van der Waals surface area contributed by atoms with Crippen LogP contribution < -0.4 is 5.32 Å². The highest BCUT2D eigenvalue weighted by Gasteiger charge is 2.33. The molecule has 2 N–H and O–H groups in total. The first kappa shape index (κ1) is 17.7. The minimum atomic E-state index is -4.68. The molecule has 1 aromatic carbocycles. The SMILES string of the molecule is Cc1cc(-n2c(C(F)F)cc3ccc(C(F)(F)F)nc32)cc2c1NC(O)C2. The van der Waals surface area contributed by atoms with Gasteiger partial charge in [0.1, 0.15) is 17.6 Å². The van der Waals surface area contributed by atoms with E-state index in [1.54, 1.807) is 19.1 Å². The van der Waals surface area contributed by atoms with Crippen LogP contribution in [-0.4, -0.2) is 20.9 Å². The van der Waals surface area contributed by atoms with E-state index < -0.39 is 30.2 Å². The van der Waals surface area contributed by atoms with Gasteiger partial charge in [0.15, 0.2) is 0 Å². The number of hydrogen-bond donors (Lipinski definition) is 2. The topological polar surface area (TPSA) is 50.1 Å². The number of hydrogen-bond acceptors (Lipinski definition) is 3. The number of aliphatic hydroxyl groups excluding tert-OH is 1. The molecule has 0 amide bonds. The van der Waals surface area contributed by atoms with Crippen molar-refractivity contribution < 1.29 is 27.1 Å². The molecule has 0 aliphatic carbocycles. The van der Waals surface area contributed by atoms with Crippen molar-refractivity contribution in [1.82, 2.24) is 9.55 Å². The van der Waals surface area contributed by atoms with Gasteiger partial charge in [0, 0.05) is 23.2 Å². The van der Waals surface area contributed by atoms with Crippen LogP contribution in [0.5, 0.6) is 0 Å². The van der Waals surface area contributed by atoms with Gasteiger partial charge < -0.3 is 10.4 Å². The third-order valence-electron chi connectivity index (χ3n) is 4.58. The number of fused-ring (bicyclic) bond motifs is 2. The van der Waals surface area contributed by atoms with Gasteiger partial charge in [-0.25, -0.2) is 13.8 Å². The smallest absolute Gasteiger partial charge is 0.373 e. The summed E-state index contributed by atoms with van der Waals surface area (Å²) in [6.45, 7) is 1.73. The normalized spacial score (nSPS) is 16.8. The van der Waals surface area contributed by atoms with Gasteiger partial charge in [0.25, 0.3) is 6.43 Å². The number of pyridine rings is 1. The van der Waals surface area contributed by atoms with E-state index in [9.17, 15) is 27.1 Å². The van der Waals surface area contributed by atoms with E-state index in [1.807, 2.05) is 0 Å². The summed E-state index contributed by atoms with van der Waals surface area (Å²) in [5.74, 6) is 0. The fraction of sp³-hybridized carbons (Fsp3) is 0.278. The van der Waals surface area contributed by atoms with E-state index >= 15 is 0 Å². The van der Waals surface area contributed by atoms with Gasteiger partial charge >= 0.3 is 6.18 Å². The van der Waals surface area contributed by atoms with Gasteiger partial charge in [-0.15, -0.1) is 0 Å². The van der Waals surface area contributed by atoms with E-state index in [4.69, 9.17) is 0 Å². The summed E-state index contributed by atoms with van der Waals surface area (Å²) >= 11 is 0. The van der Waals surface area contributed by atoms with Crippen molar-refractivity contribution in [2.75, 3.05) is 5.32 Å². The zero-order valence-corrected chi connectivity index (χ0v) is 14.0. The van der Waals surface area contributed by atoms with Crippen LogP contribution in [0.4, 0.5) is 27.6 Å². The summed E-state index contributed by atoms with van der Waals surface area (Å²) < 4.78 is 67.4. The molecule has 2 aromatic heterocycles. The molecular weight excluding hydrogens is 369 g/mol. The molecule has 0 bridgehead atoms. The predicted octanol–water partition coefficient (Wildman–Crippen LogP) is 4.58. The van der Waals surface area contributed by atoms with Crippen molar-refractivity contribution >= 4 is 16.7 Å². The molecule has 0 saturated heterocycles. The van der Waals surface area contributed by atoms with Crippen LogP contribution in [0.15, 0.2) is 30.3 Å². The van der Waals surface area contributed by atoms with Crippen molar-refractivity contribution in [1.29, 1.82) is 0 Å².